The van der Waals surface area contributed by atoms with Crippen molar-refractivity contribution in [2.45, 2.75) is 57.8 Å². The molecule has 0 saturated carbocycles. The minimum absolute atomic E-state index is 0.0384. The van der Waals surface area contributed by atoms with Crippen molar-refractivity contribution < 1.29 is 4.74 Å². The van der Waals surface area contributed by atoms with Crippen molar-refractivity contribution >= 4 is 0 Å². The lowest BCUT2D eigenvalue weighted by molar-refractivity contribution is -0.0210. The number of imidazole rings is 1. The minimum atomic E-state index is 0.0384. The number of hydrogen-bond acceptors (Lipinski definition) is 3. The molecular formula is C19H27N3O. The fourth-order valence-electron chi connectivity index (χ4n) is 3.44. The highest BCUT2D eigenvalue weighted by molar-refractivity contribution is 5.19. The summed E-state index contributed by atoms with van der Waals surface area (Å²) in [7, 11) is 0. The second kappa shape index (κ2) is 7.75. The van der Waals surface area contributed by atoms with Gasteiger partial charge in [-0.3, -0.25) is 0 Å². The van der Waals surface area contributed by atoms with Gasteiger partial charge in [0.05, 0.1) is 0 Å². The summed E-state index contributed by atoms with van der Waals surface area (Å²) in [6.07, 6.45) is 7.25. The van der Waals surface area contributed by atoms with Crippen LogP contribution in [0.25, 0.3) is 0 Å². The van der Waals surface area contributed by atoms with Gasteiger partial charge >= 0.3 is 0 Å². The van der Waals surface area contributed by atoms with Gasteiger partial charge in [-0.1, -0.05) is 37.3 Å². The summed E-state index contributed by atoms with van der Waals surface area (Å²) in [5.41, 5.74) is 1.35. The summed E-state index contributed by atoms with van der Waals surface area (Å²) >= 11 is 0. The first kappa shape index (κ1) is 16.2. The molecule has 1 fully saturated rings. The molecule has 1 saturated heterocycles. The maximum Gasteiger partial charge on any atom is 0.139 e. The molecule has 1 N–H and O–H groups in total. The van der Waals surface area contributed by atoms with Crippen molar-refractivity contribution in [1.82, 2.24) is 14.9 Å². The summed E-state index contributed by atoms with van der Waals surface area (Å²) in [5, 5.41) is 3.83. The molecule has 0 spiro atoms. The Labute approximate surface area is 138 Å². The van der Waals surface area contributed by atoms with Crippen molar-refractivity contribution in [2.75, 3.05) is 6.61 Å². The van der Waals surface area contributed by atoms with Crippen LogP contribution in [0.1, 0.15) is 56.6 Å². The fourth-order valence-corrected chi connectivity index (χ4v) is 3.44. The topological polar surface area (TPSA) is 39.1 Å². The van der Waals surface area contributed by atoms with Gasteiger partial charge < -0.3 is 14.6 Å². The molecule has 23 heavy (non-hydrogen) atoms. The molecule has 2 aromatic rings. The van der Waals surface area contributed by atoms with Crippen LogP contribution in [-0.2, 0) is 11.3 Å². The molecule has 1 unspecified atom stereocenters. The number of hydrogen-bond donors (Lipinski definition) is 1. The monoisotopic (exact) mass is 313 g/mol. The van der Waals surface area contributed by atoms with Gasteiger partial charge in [0.1, 0.15) is 11.9 Å². The number of nitrogens with zero attached hydrogens (tertiary/aromatic N) is 2. The molecule has 0 amide bonds. The standard InChI is InChI=1S/C19H27N3O/c1-3-16(15-9-6-5-7-10-15)21-17-11-8-14-23-18(17)19-20-12-13-22(19)4-2/h5-7,9-10,12-13,16-18,21H,3-4,8,11,14H2,1-2H3/t16?,17-,18-/m1/s1. The zero-order valence-electron chi connectivity index (χ0n) is 14.1. The van der Waals surface area contributed by atoms with Gasteiger partial charge in [0, 0.05) is 37.6 Å². The number of rotatable bonds is 6. The number of benzene rings is 1. The van der Waals surface area contributed by atoms with E-state index in [1.54, 1.807) is 0 Å². The average Bonchev–Trinajstić information content (AvgIpc) is 3.09. The van der Waals surface area contributed by atoms with E-state index in [-0.39, 0.29) is 6.10 Å². The van der Waals surface area contributed by atoms with Gasteiger partial charge in [-0.15, -0.1) is 0 Å². The molecule has 2 heterocycles. The van der Waals surface area contributed by atoms with Crippen molar-refractivity contribution in [3.63, 3.8) is 0 Å². The smallest absolute Gasteiger partial charge is 0.139 e. The molecule has 0 bridgehead atoms. The normalized spacial score (nSPS) is 22.9. The van der Waals surface area contributed by atoms with E-state index in [0.29, 0.717) is 12.1 Å². The Kier molecular flexibility index (Phi) is 5.47. The van der Waals surface area contributed by atoms with E-state index in [4.69, 9.17) is 4.74 Å². The second-order valence-electron chi connectivity index (χ2n) is 6.15. The van der Waals surface area contributed by atoms with Gasteiger partial charge in [-0.2, -0.15) is 0 Å². The predicted molar refractivity (Wildman–Crippen MR) is 92.2 cm³/mol. The molecule has 4 heteroatoms. The lowest BCUT2D eigenvalue weighted by Crippen LogP contribution is -2.42. The van der Waals surface area contributed by atoms with Crippen LogP contribution in [0.5, 0.6) is 0 Å². The molecule has 0 aliphatic carbocycles. The highest BCUT2D eigenvalue weighted by Crippen LogP contribution is 2.30. The predicted octanol–water partition coefficient (Wildman–Crippen LogP) is 3.86. The molecule has 0 radical (unpaired) electrons. The maximum absolute atomic E-state index is 6.11. The van der Waals surface area contributed by atoms with Crippen molar-refractivity contribution in [1.29, 1.82) is 0 Å². The first-order valence-corrected chi connectivity index (χ1v) is 8.77. The Balaban J connectivity index is 1.78. The molecule has 4 nitrogen and oxygen atoms in total. The van der Waals surface area contributed by atoms with Crippen molar-refractivity contribution in [3.05, 3.63) is 54.1 Å². The van der Waals surface area contributed by atoms with Gasteiger partial charge in [0.25, 0.3) is 0 Å². The zero-order valence-corrected chi connectivity index (χ0v) is 14.1. The summed E-state index contributed by atoms with van der Waals surface area (Å²) in [6.45, 7) is 6.13. The Morgan fingerprint density at radius 2 is 2.13 bits per heavy atom. The average molecular weight is 313 g/mol. The summed E-state index contributed by atoms with van der Waals surface area (Å²) in [6, 6.07) is 11.4. The van der Waals surface area contributed by atoms with Crippen LogP contribution in [0.4, 0.5) is 0 Å². The molecular weight excluding hydrogens is 286 g/mol. The lowest BCUT2D eigenvalue weighted by atomic mass is 9.97. The molecule has 1 aromatic heterocycles. The van der Waals surface area contributed by atoms with Gasteiger partial charge in [-0.25, -0.2) is 4.98 Å². The van der Waals surface area contributed by atoms with Crippen LogP contribution in [0.2, 0.25) is 0 Å². The summed E-state index contributed by atoms with van der Waals surface area (Å²) in [4.78, 5) is 4.56. The first-order valence-electron chi connectivity index (χ1n) is 8.77. The third-order valence-electron chi connectivity index (χ3n) is 4.69. The second-order valence-corrected chi connectivity index (χ2v) is 6.15. The molecule has 124 valence electrons. The van der Waals surface area contributed by atoms with E-state index >= 15 is 0 Å². The maximum atomic E-state index is 6.11. The Morgan fingerprint density at radius 1 is 1.30 bits per heavy atom. The third-order valence-corrected chi connectivity index (χ3v) is 4.69. The number of ether oxygens (including phenoxy) is 1. The number of aryl methyl sites for hydroxylation is 1. The van der Waals surface area contributed by atoms with Crippen molar-refractivity contribution in [3.8, 4) is 0 Å². The van der Waals surface area contributed by atoms with E-state index in [1.165, 1.54) is 5.56 Å². The van der Waals surface area contributed by atoms with Crippen LogP contribution in [-0.4, -0.2) is 22.2 Å². The molecule has 3 rings (SSSR count). The van der Waals surface area contributed by atoms with Crippen LogP contribution in [0.3, 0.4) is 0 Å². The van der Waals surface area contributed by atoms with E-state index in [1.807, 2.05) is 12.4 Å². The molecule has 1 aliphatic rings. The third kappa shape index (κ3) is 3.65. The van der Waals surface area contributed by atoms with E-state index < -0.39 is 0 Å². The Morgan fingerprint density at radius 3 is 2.87 bits per heavy atom. The van der Waals surface area contributed by atoms with Crippen LogP contribution < -0.4 is 5.32 Å². The lowest BCUT2D eigenvalue weighted by Gasteiger charge is -2.35. The first-order chi connectivity index (χ1) is 11.3. The Hall–Kier alpha value is -1.65. The highest BCUT2D eigenvalue weighted by Gasteiger charge is 2.31. The van der Waals surface area contributed by atoms with Crippen LogP contribution >= 0.6 is 0 Å². The van der Waals surface area contributed by atoms with Gasteiger partial charge in [0.15, 0.2) is 0 Å². The van der Waals surface area contributed by atoms with E-state index in [0.717, 1.165) is 38.2 Å². The zero-order chi connectivity index (χ0) is 16.1. The largest absolute Gasteiger partial charge is 0.369 e. The van der Waals surface area contributed by atoms with Gasteiger partial charge in [-0.05, 0) is 31.7 Å². The Bertz CT molecular complexity index is 596. The van der Waals surface area contributed by atoms with Crippen LogP contribution in [0, 0.1) is 0 Å². The van der Waals surface area contributed by atoms with E-state index in [2.05, 4.69) is 59.0 Å². The molecule has 3 atom stereocenters. The number of aromatic nitrogens is 2. The van der Waals surface area contributed by atoms with E-state index in [9.17, 15) is 0 Å². The summed E-state index contributed by atoms with van der Waals surface area (Å²) in [5.74, 6) is 1.05. The summed E-state index contributed by atoms with van der Waals surface area (Å²) < 4.78 is 8.30. The molecule has 1 aliphatic heterocycles. The quantitative estimate of drug-likeness (QED) is 0.880. The van der Waals surface area contributed by atoms with Crippen molar-refractivity contribution in [2.24, 2.45) is 0 Å². The number of nitrogens with one attached hydrogen (secondary N) is 1. The van der Waals surface area contributed by atoms with Gasteiger partial charge in [0.2, 0.25) is 0 Å². The minimum Gasteiger partial charge on any atom is -0.369 e. The highest BCUT2D eigenvalue weighted by atomic mass is 16.5. The fraction of sp³-hybridized carbons (Fsp3) is 0.526. The van der Waals surface area contributed by atoms with Crippen LogP contribution in [0.15, 0.2) is 42.7 Å². The molecule has 1 aromatic carbocycles. The SMILES string of the molecule is CCC(N[C@@H]1CCCO[C@H]1c1nccn1CC)c1ccccc1.